The number of hydrogen-bond donors (Lipinski definition) is 1. The van der Waals surface area contributed by atoms with Gasteiger partial charge in [0.25, 0.3) is 0 Å². The van der Waals surface area contributed by atoms with Crippen LogP contribution >= 0.6 is 11.6 Å². The summed E-state index contributed by atoms with van der Waals surface area (Å²) in [4.78, 5) is 4.54. The molecule has 3 heterocycles. The lowest BCUT2D eigenvalue weighted by atomic mass is 9.66. The Balaban J connectivity index is 1.35. The Morgan fingerprint density at radius 2 is 2.00 bits per heavy atom. The van der Waals surface area contributed by atoms with Crippen LogP contribution in [0.1, 0.15) is 61.4 Å². The number of fused-ring (bicyclic) bond motifs is 1. The topological polar surface area (TPSA) is 43.4 Å². The second-order valence-corrected chi connectivity index (χ2v) is 9.72. The Morgan fingerprint density at radius 1 is 1.13 bits per heavy atom. The zero-order valence-electron chi connectivity index (χ0n) is 17.8. The van der Waals surface area contributed by atoms with Crippen LogP contribution in [0.5, 0.6) is 0 Å². The first-order valence-corrected chi connectivity index (χ1v) is 11.8. The smallest absolute Gasteiger partial charge is 0.141 e. The maximum absolute atomic E-state index is 13.6. The molecule has 6 heteroatoms. The minimum atomic E-state index is -0.288. The molecule has 0 saturated carbocycles. The number of hydrogen-bond acceptors (Lipinski definition) is 4. The molecule has 0 amide bonds. The van der Waals surface area contributed by atoms with Crippen molar-refractivity contribution in [1.29, 1.82) is 0 Å². The fourth-order valence-corrected chi connectivity index (χ4v) is 6.12. The first-order valence-electron chi connectivity index (χ1n) is 11.4. The summed E-state index contributed by atoms with van der Waals surface area (Å²) in [6.45, 7) is 3.07. The molecular formula is C25H30ClFN2O2. The van der Waals surface area contributed by atoms with Gasteiger partial charge in [0, 0.05) is 42.0 Å². The molecule has 1 aliphatic carbocycles. The molecule has 3 aliphatic rings. The van der Waals surface area contributed by atoms with Gasteiger partial charge in [0.05, 0.1) is 11.8 Å². The number of pyridine rings is 1. The molecule has 166 valence electrons. The van der Waals surface area contributed by atoms with Crippen LogP contribution in [0.15, 0.2) is 36.5 Å². The first-order chi connectivity index (χ1) is 15.1. The van der Waals surface area contributed by atoms with Gasteiger partial charge in [-0.2, -0.15) is 0 Å². The highest BCUT2D eigenvalue weighted by Crippen LogP contribution is 2.47. The van der Waals surface area contributed by atoms with Crippen LogP contribution in [0.25, 0.3) is 0 Å². The van der Waals surface area contributed by atoms with Gasteiger partial charge in [-0.05, 0) is 80.8 Å². The molecular weight excluding hydrogens is 415 g/mol. The number of ether oxygens (including phenoxy) is 2. The number of aromatic nitrogens is 1. The molecule has 4 nitrogen and oxygen atoms in total. The Kier molecular flexibility index (Phi) is 6.04. The Bertz CT molecular complexity index is 911. The fraction of sp³-hybridized carbons (Fsp3) is 0.560. The van der Waals surface area contributed by atoms with Crippen molar-refractivity contribution >= 4 is 11.6 Å². The molecule has 1 spiro atoms. The number of nitrogens with zero attached hydrogens (tertiary/aromatic N) is 1. The van der Waals surface area contributed by atoms with Gasteiger partial charge in [-0.25, -0.2) is 4.39 Å². The fourth-order valence-electron chi connectivity index (χ4n) is 5.84. The van der Waals surface area contributed by atoms with Crippen molar-refractivity contribution in [2.75, 3.05) is 26.4 Å². The van der Waals surface area contributed by atoms with Crippen molar-refractivity contribution in [1.82, 2.24) is 10.3 Å². The lowest BCUT2D eigenvalue weighted by Crippen LogP contribution is -2.51. The molecule has 31 heavy (non-hydrogen) atoms. The summed E-state index contributed by atoms with van der Waals surface area (Å²) in [5.74, 6) is -0.288. The van der Waals surface area contributed by atoms with Crippen LogP contribution in [0, 0.1) is 5.82 Å². The minimum absolute atomic E-state index is 0.119. The van der Waals surface area contributed by atoms with Gasteiger partial charge in [-0.3, -0.25) is 4.98 Å². The van der Waals surface area contributed by atoms with E-state index in [9.17, 15) is 4.39 Å². The highest BCUT2D eigenvalue weighted by atomic mass is 35.5. The molecule has 2 aromatic rings. The van der Waals surface area contributed by atoms with Gasteiger partial charge < -0.3 is 14.8 Å². The Hall–Kier alpha value is -1.53. The van der Waals surface area contributed by atoms with E-state index in [0.717, 1.165) is 75.4 Å². The van der Waals surface area contributed by atoms with E-state index in [2.05, 4.69) is 16.4 Å². The number of rotatable bonds is 5. The third kappa shape index (κ3) is 4.25. The number of halogens is 2. The SMILES string of the molecule is Fc1ccc(C2(CCN[C@H]3CCc4c(Cl)cccc43)CCOC3(CCOCC3)C2)nc1. The second-order valence-electron chi connectivity index (χ2n) is 9.32. The third-order valence-electron chi connectivity index (χ3n) is 7.53. The van der Waals surface area contributed by atoms with Crippen molar-refractivity contribution in [2.24, 2.45) is 0 Å². The summed E-state index contributed by atoms with van der Waals surface area (Å²) in [7, 11) is 0. The quantitative estimate of drug-likeness (QED) is 0.693. The molecule has 2 saturated heterocycles. The molecule has 1 aromatic heterocycles. The summed E-state index contributed by atoms with van der Waals surface area (Å²) in [5, 5.41) is 4.66. The van der Waals surface area contributed by atoms with Crippen LogP contribution in [-0.4, -0.2) is 37.0 Å². The Morgan fingerprint density at radius 3 is 2.81 bits per heavy atom. The molecule has 2 fully saturated rings. The summed E-state index contributed by atoms with van der Waals surface area (Å²) in [5.41, 5.74) is 3.32. The zero-order valence-corrected chi connectivity index (χ0v) is 18.6. The summed E-state index contributed by atoms with van der Waals surface area (Å²) in [6, 6.07) is 9.96. The van der Waals surface area contributed by atoms with Crippen LogP contribution in [-0.2, 0) is 21.3 Å². The summed E-state index contributed by atoms with van der Waals surface area (Å²) in [6.07, 6.45) is 8.05. The standard InChI is InChI=1S/C25H30ClFN2O2/c26-21-3-1-2-20-19(21)5-6-22(20)28-12-8-24(23-7-4-18(27)16-29-23)9-15-31-25(17-24)10-13-30-14-11-25/h1-4,7,16,22,28H,5-6,8-15,17H2/t22-,24?/m0/s1. The van der Waals surface area contributed by atoms with Crippen molar-refractivity contribution in [3.63, 3.8) is 0 Å². The Labute approximate surface area is 188 Å². The van der Waals surface area contributed by atoms with Crippen molar-refractivity contribution < 1.29 is 13.9 Å². The molecule has 5 rings (SSSR count). The van der Waals surface area contributed by atoms with Gasteiger partial charge in [0.1, 0.15) is 5.82 Å². The second kappa shape index (κ2) is 8.78. The van der Waals surface area contributed by atoms with E-state index in [4.69, 9.17) is 21.1 Å². The van der Waals surface area contributed by atoms with Gasteiger partial charge in [-0.1, -0.05) is 23.7 Å². The number of nitrogens with one attached hydrogen (secondary N) is 1. The van der Waals surface area contributed by atoms with Gasteiger partial charge >= 0.3 is 0 Å². The van der Waals surface area contributed by atoms with Gasteiger partial charge in [0.15, 0.2) is 0 Å². The highest BCUT2D eigenvalue weighted by Gasteiger charge is 2.48. The average molecular weight is 445 g/mol. The van der Waals surface area contributed by atoms with Crippen LogP contribution in [0.4, 0.5) is 4.39 Å². The molecule has 1 N–H and O–H groups in total. The third-order valence-corrected chi connectivity index (χ3v) is 7.89. The van der Waals surface area contributed by atoms with Crippen molar-refractivity contribution in [2.45, 2.75) is 62.0 Å². The maximum Gasteiger partial charge on any atom is 0.141 e. The monoisotopic (exact) mass is 444 g/mol. The van der Waals surface area contributed by atoms with Gasteiger partial charge in [0.2, 0.25) is 0 Å². The predicted octanol–water partition coefficient (Wildman–Crippen LogP) is 5.14. The lowest BCUT2D eigenvalue weighted by molar-refractivity contribution is -0.154. The predicted molar refractivity (Wildman–Crippen MR) is 119 cm³/mol. The molecule has 2 atom stereocenters. The van der Waals surface area contributed by atoms with Gasteiger partial charge in [-0.15, -0.1) is 0 Å². The van der Waals surface area contributed by atoms with E-state index in [0.29, 0.717) is 12.6 Å². The van der Waals surface area contributed by atoms with E-state index < -0.39 is 0 Å². The van der Waals surface area contributed by atoms with E-state index >= 15 is 0 Å². The molecule has 0 radical (unpaired) electrons. The minimum Gasteiger partial charge on any atom is -0.381 e. The normalized spacial score (nSPS) is 27.4. The van der Waals surface area contributed by atoms with E-state index in [1.54, 1.807) is 6.07 Å². The molecule has 1 aromatic carbocycles. The number of benzene rings is 1. The van der Waals surface area contributed by atoms with Crippen LogP contribution in [0.3, 0.4) is 0 Å². The zero-order chi connectivity index (χ0) is 21.3. The highest BCUT2D eigenvalue weighted by molar-refractivity contribution is 6.31. The van der Waals surface area contributed by atoms with E-state index in [-0.39, 0.29) is 16.8 Å². The largest absolute Gasteiger partial charge is 0.381 e. The van der Waals surface area contributed by atoms with Crippen molar-refractivity contribution in [3.05, 3.63) is 64.2 Å². The van der Waals surface area contributed by atoms with Crippen LogP contribution in [0.2, 0.25) is 5.02 Å². The molecule has 2 aliphatic heterocycles. The van der Waals surface area contributed by atoms with E-state index in [1.165, 1.54) is 17.3 Å². The first kappa shape index (κ1) is 21.3. The lowest BCUT2D eigenvalue weighted by Gasteiger charge is -2.49. The summed E-state index contributed by atoms with van der Waals surface area (Å²) < 4.78 is 25.6. The van der Waals surface area contributed by atoms with E-state index in [1.807, 2.05) is 18.2 Å². The average Bonchev–Trinajstić information content (AvgIpc) is 3.19. The molecule has 0 bridgehead atoms. The van der Waals surface area contributed by atoms with Crippen molar-refractivity contribution in [3.8, 4) is 0 Å². The molecule has 1 unspecified atom stereocenters. The maximum atomic E-state index is 13.6. The van der Waals surface area contributed by atoms with Crippen LogP contribution < -0.4 is 5.32 Å². The summed E-state index contributed by atoms with van der Waals surface area (Å²) >= 11 is 6.40.